The largest absolute Gasteiger partial charge is 0.397 e. The van der Waals surface area contributed by atoms with Crippen molar-refractivity contribution in [1.29, 1.82) is 0 Å². The number of rotatable bonds is 2. The van der Waals surface area contributed by atoms with E-state index in [1.54, 1.807) is 12.1 Å². The Morgan fingerprint density at radius 2 is 2.44 bits per heavy atom. The van der Waals surface area contributed by atoms with Gasteiger partial charge in [0, 0.05) is 19.2 Å². The summed E-state index contributed by atoms with van der Waals surface area (Å²) in [4.78, 5) is 26.6. The first kappa shape index (κ1) is 10.4. The number of hydrogen-bond acceptors (Lipinski definition) is 4. The molecule has 1 aliphatic heterocycles. The molecule has 1 aromatic heterocycles. The summed E-state index contributed by atoms with van der Waals surface area (Å²) in [5.41, 5.74) is 6.14. The molecule has 84 valence electrons. The van der Waals surface area contributed by atoms with Crippen LogP contribution >= 0.6 is 0 Å². The van der Waals surface area contributed by atoms with Crippen LogP contribution in [-0.2, 0) is 4.79 Å². The number of nitrogens with two attached hydrogens (primary N) is 1. The van der Waals surface area contributed by atoms with Crippen molar-refractivity contribution in [2.45, 2.75) is 12.5 Å². The average Bonchev–Trinajstić information content (AvgIpc) is 2.64. The van der Waals surface area contributed by atoms with Crippen LogP contribution in [-0.4, -0.2) is 29.4 Å². The van der Waals surface area contributed by atoms with E-state index < -0.39 is 0 Å². The van der Waals surface area contributed by atoms with Gasteiger partial charge in [0.05, 0.1) is 11.7 Å². The minimum absolute atomic E-state index is 0.0562. The Kier molecular flexibility index (Phi) is 2.72. The lowest BCUT2D eigenvalue weighted by molar-refractivity contribution is -0.119. The molecule has 0 aromatic carbocycles. The smallest absolute Gasteiger partial charge is 0.272 e. The second-order valence-corrected chi connectivity index (χ2v) is 3.62. The van der Waals surface area contributed by atoms with E-state index in [0.717, 1.165) is 0 Å². The second kappa shape index (κ2) is 4.18. The van der Waals surface area contributed by atoms with E-state index in [0.29, 0.717) is 18.7 Å². The lowest BCUT2D eigenvalue weighted by atomic mass is 10.2. The second-order valence-electron chi connectivity index (χ2n) is 3.62. The van der Waals surface area contributed by atoms with Gasteiger partial charge in [0.1, 0.15) is 0 Å². The maximum Gasteiger partial charge on any atom is 0.272 e. The van der Waals surface area contributed by atoms with Crippen LogP contribution < -0.4 is 16.4 Å². The first-order chi connectivity index (χ1) is 7.66. The van der Waals surface area contributed by atoms with Crippen molar-refractivity contribution in [2.24, 2.45) is 0 Å². The van der Waals surface area contributed by atoms with E-state index in [1.165, 1.54) is 6.20 Å². The molecule has 1 aromatic rings. The number of nitrogen functional groups attached to an aromatic ring is 1. The first-order valence-corrected chi connectivity index (χ1v) is 4.95. The Bertz CT molecular complexity index is 433. The molecule has 1 fully saturated rings. The van der Waals surface area contributed by atoms with Crippen LogP contribution in [0, 0.1) is 0 Å². The van der Waals surface area contributed by atoms with E-state index >= 15 is 0 Å². The molecular weight excluding hydrogens is 208 g/mol. The Morgan fingerprint density at radius 1 is 1.62 bits per heavy atom. The van der Waals surface area contributed by atoms with Gasteiger partial charge in [0.15, 0.2) is 5.69 Å². The van der Waals surface area contributed by atoms with Gasteiger partial charge < -0.3 is 16.4 Å². The number of aromatic nitrogens is 1. The van der Waals surface area contributed by atoms with Crippen LogP contribution in [0.2, 0.25) is 0 Å². The molecule has 6 heteroatoms. The van der Waals surface area contributed by atoms with E-state index in [4.69, 9.17) is 5.73 Å². The zero-order valence-electron chi connectivity index (χ0n) is 8.56. The minimum atomic E-state index is -0.348. The highest BCUT2D eigenvalue weighted by Crippen LogP contribution is 2.08. The molecule has 2 heterocycles. The zero-order chi connectivity index (χ0) is 11.5. The van der Waals surface area contributed by atoms with Crippen molar-refractivity contribution in [3.05, 3.63) is 24.0 Å². The molecule has 2 amide bonds. The van der Waals surface area contributed by atoms with Gasteiger partial charge in [-0.2, -0.15) is 0 Å². The number of anilines is 1. The van der Waals surface area contributed by atoms with Gasteiger partial charge in [0.25, 0.3) is 5.91 Å². The highest BCUT2D eigenvalue weighted by Gasteiger charge is 2.24. The highest BCUT2D eigenvalue weighted by atomic mass is 16.2. The molecule has 0 saturated carbocycles. The summed E-state index contributed by atoms with van der Waals surface area (Å²) < 4.78 is 0. The van der Waals surface area contributed by atoms with E-state index in [2.05, 4.69) is 15.6 Å². The van der Waals surface area contributed by atoms with Gasteiger partial charge in [-0.05, 0) is 12.1 Å². The molecule has 0 spiro atoms. The number of nitrogens with one attached hydrogen (secondary N) is 2. The lowest BCUT2D eigenvalue weighted by Crippen LogP contribution is -2.36. The Morgan fingerprint density at radius 3 is 3.06 bits per heavy atom. The fraction of sp³-hybridized carbons (Fsp3) is 0.300. The number of amides is 2. The van der Waals surface area contributed by atoms with Crippen molar-refractivity contribution in [2.75, 3.05) is 12.3 Å². The van der Waals surface area contributed by atoms with E-state index in [1.807, 2.05) is 0 Å². The average molecular weight is 220 g/mol. The summed E-state index contributed by atoms with van der Waals surface area (Å²) in [7, 11) is 0. The molecule has 16 heavy (non-hydrogen) atoms. The van der Waals surface area contributed by atoms with Gasteiger partial charge >= 0.3 is 0 Å². The van der Waals surface area contributed by atoms with Crippen LogP contribution in [0.1, 0.15) is 16.9 Å². The summed E-state index contributed by atoms with van der Waals surface area (Å²) >= 11 is 0. The molecule has 0 bridgehead atoms. The Hall–Kier alpha value is -2.11. The van der Waals surface area contributed by atoms with E-state index in [9.17, 15) is 9.59 Å². The van der Waals surface area contributed by atoms with Crippen LogP contribution in [0.15, 0.2) is 18.3 Å². The molecule has 2 rings (SSSR count). The van der Waals surface area contributed by atoms with Crippen LogP contribution in [0.4, 0.5) is 5.69 Å². The summed E-state index contributed by atoms with van der Waals surface area (Å²) in [6.07, 6.45) is 1.81. The van der Waals surface area contributed by atoms with Crippen molar-refractivity contribution < 1.29 is 9.59 Å². The third-order valence-electron chi connectivity index (χ3n) is 2.37. The van der Waals surface area contributed by atoms with Gasteiger partial charge in [-0.1, -0.05) is 0 Å². The maximum atomic E-state index is 11.7. The number of carbonyl (C=O) groups is 2. The molecular formula is C10H12N4O2. The maximum absolute atomic E-state index is 11.7. The first-order valence-electron chi connectivity index (χ1n) is 4.95. The third-order valence-corrected chi connectivity index (χ3v) is 2.37. The van der Waals surface area contributed by atoms with Gasteiger partial charge in [0.2, 0.25) is 5.91 Å². The molecule has 1 saturated heterocycles. The SMILES string of the molecule is Nc1cccnc1C(=O)NC1CNC(=O)C1. The third kappa shape index (κ3) is 2.10. The summed E-state index contributed by atoms with van der Waals surface area (Å²) in [6, 6.07) is 3.09. The molecule has 0 radical (unpaired) electrons. The molecule has 1 atom stereocenters. The van der Waals surface area contributed by atoms with Gasteiger partial charge in [-0.3, -0.25) is 9.59 Å². The number of hydrogen-bond donors (Lipinski definition) is 3. The van der Waals surface area contributed by atoms with Crippen molar-refractivity contribution in [1.82, 2.24) is 15.6 Å². The monoisotopic (exact) mass is 220 g/mol. The highest BCUT2D eigenvalue weighted by molar-refractivity contribution is 5.97. The Balaban J connectivity index is 2.03. The molecule has 1 unspecified atom stereocenters. The fourth-order valence-electron chi connectivity index (χ4n) is 1.57. The molecule has 1 aliphatic rings. The lowest BCUT2D eigenvalue weighted by Gasteiger charge is -2.10. The van der Waals surface area contributed by atoms with Crippen LogP contribution in [0.25, 0.3) is 0 Å². The fourth-order valence-corrected chi connectivity index (χ4v) is 1.57. The summed E-state index contributed by atoms with van der Waals surface area (Å²) in [6.45, 7) is 0.456. The van der Waals surface area contributed by atoms with Gasteiger partial charge in [-0.15, -0.1) is 0 Å². The standard InChI is InChI=1S/C10H12N4O2/c11-7-2-1-3-12-9(7)10(16)14-6-4-8(15)13-5-6/h1-3,6H,4-5,11H2,(H,13,15)(H,14,16). The van der Waals surface area contributed by atoms with Crippen molar-refractivity contribution in [3.63, 3.8) is 0 Å². The normalized spacial score (nSPS) is 19.2. The number of carbonyl (C=O) groups excluding carboxylic acids is 2. The van der Waals surface area contributed by atoms with Crippen molar-refractivity contribution >= 4 is 17.5 Å². The molecule has 0 aliphatic carbocycles. The predicted molar refractivity (Wildman–Crippen MR) is 57.5 cm³/mol. The topological polar surface area (TPSA) is 97.1 Å². The summed E-state index contributed by atoms with van der Waals surface area (Å²) in [5, 5.41) is 5.34. The van der Waals surface area contributed by atoms with Gasteiger partial charge in [-0.25, -0.2) is 4.98 Å². The zero-order valence-corrected chi connectivity index (χ0v) is 8.56. The quantitative estimate of drug-likeness (QED) is 0.612. The van der Waals surface area contributed by atoms with Crippen LogP contribution in [0.3, 0.4) is 0 Å². The van der Waals surface area contributed by atoms with Crippen LogP contribution in [0.5, 0.6) is 0 Å². The predicted octanol–water partition coefficient (Wildman–Crippen LogP) is -0.718. The Labute approximate surface area is 92.2 Å². The minimum Gasteiger partial charge on any atom is -0.397 e. The molecule has 6 nitrogen and oxygen atoms in total. The number of nitrogens with zero attached hydrogens (tertiary/aromatic N) is 1. The van der Waals surface area contributed by atoms with E-state index in [-0.39, 0.29) is 23.6 Å². The van der Waals surface area contributed by atoms with Crippen molar-refractivity contribution in [3.8, 4) is 0 Å². The molecule has 4 N–H and O–H groups in total. The number of pyridine rings is 1. The summed E-state index contributed by atoms with van der Waals surface area (Å²) in [5.74, 6) is -0.404.